The highest BCUT2D eigenvalue weighted by molar-refractivity contribution is 7.92. The van der Waals surface area contributed by atoms with E-state index < -0.39 is 10.0 Å². The summed E-state index contributed by atoms with van der Waals surface area (Å²) in [5, 5.41) is 2.80. The number of fused-ring (bicyclic) bond motifs is 2. The molecule has 1 aliphatic heterocycles. The van der Waals surface area contributed by atoms with Crippen molar-refractivity contribution >= 4 is 48.9 Å². The number of thiazole rings is 1. The second kappa shape index (κ2) is 8.23. The van der Waals surface area contributed by atoms with E-state index in [2.05, 4.69) is 5.32 Å². The van der Waals surface area contributed by atoms with Gasteiger partial charge >= 0.3 is 4.87 Å². The van der Waals surface area contributed by atoms with Crippen LogP contribution >= 0.6 is 11.3 Å². The van der Waals surface area contributed by atoms with Crippen molar-refractivity contribution in [2.75, 3.05) is 29.2 Å². The third kappa shape index (κ3) is 4.52. The number of aryl methyl sites for hydroxylation is 1. The Kier molecular flexibility index (Phi) is 5.63. The van der Waals surface area contributed by atoms with Gasteiger partial charge in [0.25, 0.3) is 0 Å². The van der Waals surface area contributed by atoms with Gasteiger partial charge in [0.15, 0.2) is 11.5 Å². The molecular formula is C20H21N3O6S2. The van der Waals surface area contributed by atoms with Crippen molar-refractivity contribution in [3.8, 4) is 11.5 Å². The standard InChI is InChI=1S/C20H21N3O6S2/c1-22-15-7-5-13(10-18(15)30-20(22)25)21-19(24)4-3-9-23(31(2,26)27)14-6-8-16-17(11-14)29-12-28-16/h5-8,10-11H,3-4,9,12H2,1-2H3,(H,21,24). The third-order valence-corrected chi connectivity index (χ3v) is 7.07. The molecule has 1 aromatic heterocycles. The molecule has 31 heavy (non-hydrogen) atoms. The fourth-order valence-electron chi connectivity index (χ4n) is 3.35. The number of nitrogens with one attached hydrogen (secondary N) is 1. The van der Waals surface area contributed by atoms with Gasteiger partial charge in [0.1, 0.15) is 0 Å². The predicted molar refractivity (Wildman–Crippen MR) is 120 cm³/mol. The van der Waals surface area contributed by atoms with Gasteiger partial charge in [-0.05, 0) is 36.8 Å². The van der Waals surface area contributed by atoms with E-state index in [1.165, 1.54) is 4.31 Å². The summed E-state index contributed by atoms with van der Waals surface area (Å²) in [5.41, 5.74) is 1.85. The molecule has 9 nitrogen and oxygen atoms in total. The zero-order valence-electron chi connectivity index (χ0n) is 17.0. The SMILES string of the molecule is Cn1c(=O)sc2cc(NC(=O)CCCN(c3ccc4c(c3)OCO4)S(C)(=O)=O)ccc21. The van der Waals surface area contributed by atoms with E-state index in [0.29, 0.717) is 29.3 Å². The van der Waals surface area contributed by atoms with Crippen molar-refractivity contribution in [1.82, 2.24) is 4.57 Å². The van der Waals surface area contributed by atoms with Crippen molar-refractivity contribution in [3.63, 3.8) is 0 Å². The lowest BCUT2D eigenvalue weighted by atomic mass is 10.2. The minimum Gasteiger partial charge on any atom is -0.454 e. The molecule has 0 saturated carbocycles. The Labute approximate surface area is 182 Å². The number of hydrogen-bond acceptors (Lipinski definition) is 7. The normalized spacial score (nSPS) is 12.8. The van der Waals surface area contributed by atoms with Crippen LogP contribution in [0.15, 0.2) is 41.2 Å². The molecule has 1 aliphatic rings. The van der Waals surface area contributed by atoms with Gasteiger partial charge in [-0.2, -0.15) is 0 Å². The van der Waals surface area contributed by atoms with Gasteiger partial charge in [0.2, 0.25) is 22.7 Å². The van der Waals surface area contributed by atoms with E-state index in [4.69, 9.17) is 9.47 Å². The van der Waals surface area contributed by atoms with Crippen LogP contribution < -0.4 is 24.0 Å². The number of carbonyl (C=O) groups excluding carboxylic acids is 1. The molecule has 164 valence electrons. The number of carbonyl (C=O) groups is 1. The molecule has 0 aliphatic carbocycles. The van der Waals surface area contributed by atoms with Gasteiger partial charge in [0, 0.05) is 31.8 Å². The fourth-order valence-corrected chi connectivity index (χ4v) is 5.22. The van der Waals surface area contributed by atoms with Crippen LogP contribution in [0.1, 0.15) is 12.8 Å². The Morgan fingerprint density at radius 1 is 1.19 bits per heavy atom. The lowest BCUT2D eigenvalue weighted by Crippen LogP contribution is -2.31. The monoisotopic (exact) mass is 463 g/mol. The number of benzene rings is 2. The summed E-state index contributed by atoms with van der Waals surface area (Å²) in [5.74, 6) is 0.821. The number of amides is 1. The molecule has 2 heterocycles. The highest BCUT2D eigenvalue weighted by atomic mass is 32.2. The van der Waals surface area contributed by atoms with E-state index in [9.17, 15) is 18.0 Å². The molecule has 0 radical (unpaired) electrons. The number of ether oxygens (including phenoxy) is 2. The number of aromatic nitrogens is 1. The molecule has 0 fully saturated rings. The number of rotatable bonds is 7. The molecule has 0 unspecified atom stereocenters. The zero-order valence-corrected chi connectivity index (χ0v) is 18.6. The molecule has 0 atom stereocenters. The van der Waals surface area contributed by atoms with E-state index in [1.807, 2.05) is 0 Å². The van der Waals surface area contributed by atoms with E-state index in [0.717, 1.165) is 27.8 Å². The first-order valence-electron chi connectivity index (χ1n) is 9.49. The Morgan fingerprint density at radius 3 is 2.74 bits per heavy atom. The lowest BCUT2D eigenvalue weighted by molar-refractivity contribution is -0.116. The number of sulfonamides is 1. The van der Waals surface area contributed by atoms with E-state index >= 15 is 0 Å². The molecule has 11 heteroatoms. The van der Waals surface area contributed by atoms with Crippen LogP contribution in [0.3, 0.4) is 0 Å². The van der Waals surface area contributed by atoms with Crippen LogP contribution in [0, 0.1) is 0 Å². The van der Waals surface area contributed by atoms with Gasteiger partial charge in [-0.1, -0.05) is 11.3 Å². The first-order valence-corrected chi connectivity index (χ1v) is 12.2. The van der Waals surface area contributed by atoms with Crippen LogP contribution in [0.2, 0.25) is 0 Å². The minimum atomic E-state index is -3.54. The maximum absolute atomic E-state index is 12.4. The van der Waals surface area contributed by atoms with Crippen LogP contribution in [0.25, 0.3) is 10.2 Å². The molecular weight excluding hydrogens is 442 g/mol. The second-order valence-electron chi connectivity index (χ2n) is 7.13. The number of anilines is 2. The average Bonchev–Trinajstić information content (AvgIpc) is 3.28. The highest BCUT2D eigenvalue weighted by Gasteiger charge is 2.21. The minimum absolute atomic E-state index is 0.0668. The summed E-state index contributed by atoms with van der Waals surface area (Å²) >= 11 is 1.11. The van der Waals surface area contributed by atoms with E-state index in [1.54, 1.807) is 48.0 Å². The van der Waals surface area contributed by atoms with Gasteiger partial charge in [0.05, 0.1) is 22.2 Å². The molecule has 4 rings (SSSR count). The van der Waals surface area contributed by atoms with Gasteiger partial charge < -0.3 is 19.4 Å². The quantitative estimate of drug-likeness (QED) is 0.577. The van der Waals surface area contributed by atoms with Crippen LogP contribution in [0.5, 0.6) is 11.5 Å². The maximum Gasteiger partial charge on any atom is 0.307 e. The summed E-state index contributed by atoms with van der Waals surface area (Å²) in [4.78, 5) is 24.1. The molecule has 0 saturated heterocycles. The van der Waals surface area contributed by atoms with Crippen LogP contribution in [0.4, 0.5) is 11.4 Å². The van der Waals surface area contributed by atoms with Gasteiger partial charge in [-0.25, -0.2) is 8.42 Å². The Morgan fingerprint density at radius 2 is 1.97 bits per heavy atom. The first-order chi connectivity index (χ1) is 14.7. The molecule has 1 N–H and O–H groups in total. The Bertz CT molecular complexity index is 1310. The zero-order chi connectivity index (χ0) is 22.2. The molecule has 2 aromatic carbocycles. The van der Waals surface area contributed by atoms with Crippen molar-refractivity contribution in [1.29, 1.82) is 0 Å². The summed E-state index contributed by atoms with van der Waals surface area (Å²) in [6.45, 7) is 0.245. The van der Waals surface area contributed by atoms with Crippen molar-refractivity contribution in [3.05, 3.63) is 46.1 Å². The molecule has 0 bridgehead atoms. The Balaban J connectivity index is 1.39. The first kappa shape index (κ1) is 21.2. The summed E-state index contributed by atoms with van der Waals surface area (Å²) in [6.07, 6.45) is 1.59. The molecule has 0 spiro atoms. The van der Waals surface area contributed by atoms with Gasteiger partial charge in [-0.15, -0.1) is 0 Å². The van der Waals surface area contributed by atoms with Crippen molar-refractivity contribution in [2.24, 2.45) is 7.05 Å². The molecule has 3 aromatic rings. The number of nitrogens with zero attached hydrogens (tertiary/aromatic N) is 2. The lowest BCUT2D eigenvalue weighted by Gasteiger charge is -2.22. The summed E-state index contributed by atoms with van der Waals surface area (Å²) < 4.78 is 38.7. The largest absolute Gasteiger partial charge is 0.454 e. The van der Waals surface area contributed by atoms with Crippen LogP contribution in [-0.2, 0) is 21.9 Å². The summed E-state index contributed by atoms with van der Waals surface area (Å²) in [7, 11) is -1.84. The summed E-state index contributed by atoms with van der Waals surface area (Å²) in [6, 6.07) is 10.2. The number of hydrogen-bond donors (Lipinski definition) is 1. The Hall–Kier alpha value is -3.05. The maximum atomic E-state index is 12.4. The third-order valence-electron chi connectivity index (χ3n) is 4.89. The second-order valence-corrected chi connectivity index (χ2v) is 10.0. The topological polar surface area (TPSA) is 107 Å². The molecule has 1 amide bonds. The van der Waals surface area contributed by atoms with Crippen molar-refractivity contribution in [2.45, 2.75) is 12.8 Å². The van der Waals surface area contributed by atoms with Crippen molar-refractivity contribution < 1.29 is 22.7 Å². The predicted octanol–water partition coefficient (Wildman–Crippen LogP) is 2.51. The average molecular weight is 464 g/mol. The van der Waals surface area contributed by atoms with E-state index in [-0.39, 0.29) is 30.5 Å². The highest BCUT2D eigenvalue weighted by Crippen LogP contribution is 2.36. The fraction of sp³-hybridized carbons (Fsp3) is 0.300. The van der Waals surface area contributed by atoms with Crippen LogP contribution in [-0.4, -0.2) is 38.5 Å². The van der Waals surface area contributed by atoms with Gasteiger partial charge in [-0.3, -0.25) is 13.9 Å². The smallest absolute Gasteiger partial charge is 0.307 e.